The van der Waals surface area contributed by atoms with E-state index < -0.39 is 0 Å². The predicted octanol–water partition coefficient (Wildman–Crippen LogP) is 0.263. The van der Waals surface area contributed by atoms with Crippen molar-refractivity contribution < 1.29 is 19.4 Å². The largest absolute Gasteiger partial charge is 0.321 e. The molecule has 6 nitrogen and oxygen atoms in total. The average molecular weight is 417 g/mol. The van der Waals surface area contributed by atoms with Crippen molar-refractivity contribution in [3.63, 3.8) is 0 Å². The molecular weight excluding hydrogens is 388 g/mol. The molecule has 3 rings (SSSR count). The molecule has 0 aliphatic carbocycles. The molecule has 7 heteroatoms. The van der Waals surface area contributed by atoms with Gasteiger partial charge in [-0.25, -0.2) is 0 Å². The van der Waals surface area contributed by atoms with Crippen LogP contribution < -0.4 is 20.4 Å². The highest BCUT2D eigenvalue weighted by molar-refractivity contribution is 6.30. The number of hydrogen-bond donors (Lipinski definition) is 4. The molecule has 0 radical (unpaired) electrons. The first-order valence-electron chi connectivity index (χ1n) is 10.1. The molecule has 1 fully saturated rings. The summed E-state index contributed by atoms with van der Waals surface area (Å²) in [5.41, 5.74) is 2.81. The van der Waals surface area contributed by atoms with E-state index in [9.17, 15) is 9.59 Å². The molecule has 0 atom stereocenters. The summed E-state index contributed by atoms with van der Waals surface area (Å²) in [6, 6.07) is 15.0. The lowest BCUT2D eigenvalue weighted by molar-refractivity contribution is -1.00. The molecule has 1 heterocycles. The minimum atomic E-state index is -0.000289. The van der Waals surface area contributed by atoms with Gasteiger partial charge in [-0.05, 0) is 42.3 Å². The number of halogens is 1. The highest BCUT2D eigenvalue weighted by atomic mass is 35.5. The first-order valence-corrected chi connectivity index (χ1v) is 10.5. The van der Waals surface area contributed by atoms with Crippen LogP contribution >= 0.6 is 11.6 Å². The fourth-order valence-electron chi connectivity index (χ4n) is 3.65. The molecule has 1 aliphatic heterocycles. The second-order valence-electron chi connectivity index (χ2n) is 7.47. The van der Waals surface area contributed by atoms with Gasteiger partial charge in [-0.2, -0.15) is 0 Å². The third-order valence-corrected chi connectivity index (χ3v) is 5.54. The summed E-state index contributed by atoms with van der Waals surface area (Å²) in [5.74, 6) is 0.0459. The van der Waals surface area contributed by atoms with Crippen LogP contribution in [-0.2, 0) is 16.0 Å². The second-order valence-corrected chi connectivity index (χ2v) is 7.90. The molecule has 2 aromatic rings. The van der Waals surface area contributed by atoms with Gasteiger partial charge in [-0.3, -0.25) is 9.59 Å². The fraction of sp³-hybridized carbons (Fsp3) is 0.364. The molecule has 1 aliphatic rings. The Balaban J connectivity index is 1.40. The third kappa shape index (κ3) is 6.56. The fourth-order valence-corrected chi connectivity index (χ4v) is 3.77. The van der Waals surface area contributed by atoms with Crippen LogP contribution in [-0.4, -0.2) is 51.1 Å². The Bertz CT molecular complexity index is 833. The molecule has 154 valence electrons. The smallest absolute Gasteiger partial charge is 0.279 e. The molecule has 2 amide bonds. The van der Waals surface area contributed by atoms with Crippen LogP contribution in [0.4, 0.5) is 11.4 Å². The van der Waals surface area contributed by atoms with Gasteiger partial charge in [0, 0.05) is 16.4 Å². The summed E-state index contributed by atoms with van der Waals surface area (Å²) in [6.07, 6.45) is 0.892. The van der Waals surface area contributed by atoms with Gasteiger partial charge in [0.05, 0.1) is 0 Å². The Hall–Kier alpha value is -2.41. The third-order valence-electron chi connectivity index (χ3n) is 5.29. The van der Waals surface area contributed by atoms with E-state index in [-0.39, 0.29) is 11.8 Å². The number of hydrogen-bond acceptors (Lipinski definition) is 2. The molecule has 1 saturated heterocycles. The summed E-state index contributed by atoms with van der Waals surface area (Å²) in [7, 11) is 0. The highest BCUT2D eigenvalue weighted by Crippen LogP contribution is 2.15. The number of piperazine rings is 1. The number of benzene rings is 2. The van der Waals surface area contributed by atoms with Crippen LogP contribution in [0.5, 0.6) is 0 Å². The van der Waals surface area contributed by atoms with Gasteiger partial charge in [0.15, 0.2) is 13.1 Å². The van der Waals surface area contributed by atoms with E-state index in [1.54, 1.807) is 24.3 Å². The molecule has 4 N–H and O–H groups in total. The van der Waals surface area contributed by atoms with Crippen molar-refractivity contribution in [3.8, 4) is 0 Å². The minimum Gasteiger partial charge on any atom is -0.321 e. The van der Waals surface area contributed by atoms with Crippen molar-refractivity contribution in [3.05, 3.63) is 59.1 Å². The van der Waals surface area contributed by atoms with Gasteiger partial charge in [-0.15, -0.1) is 0 Å². The first-order chi connectivity index (χ1) is 14.0. The summed E-state index contributed by atoms with van der Waals surface area (Å²) in [6.45, 7) is 6.50. The maximum atomic E-state index is 12.4. The molecule has 0 aromatic heterocycles. The molecule has 2 aromatic carbocycles. The van der Waals surface area contributed by atoms with E-state index in [4.69, 9.17) is 11.6 Å². The van der Waals surface area contributed by atoms with Gasteiger partial charge >= 0.3 is 0 Å². The summed E-state index contributed by atoms with van der Waals surface area (Å²) in [5, 5.41) is 6.60. The summed E-state index contributed by atoms with van der Waals surface area (Å²) < 4.78 is 0. The molecule has 0 saturated carbocycles. The Labute approximate surface area is 176 Å². The van der Waals surface area contributed by atoms with Crippen LogP contribution in [0.15, 0.2) is 48.5 Å². The SMILES string of the molecule is CCc1ccccc1NC(=O)C[NH+]1CC[NH+](CC(=O)Nc2ccc(Cl)cc2)CC1. The van der Waals surface area contributed by atoms with E-state index in [1.807, 2.05) is 24.3 Å². The van der Waals surface area contributed by atoms with E-state index in [0.29, 0.717) is 18.1 Å². The Morgan fingerprint density at radius 3 is 2.00 bits per heavy atom. The first kappa shape index (κ1) is 21.3. The number of anilines is 2. The zero-order valence-corrected chi connectivity index (χ0v) is 17.5. The van der Waals surface area contributed by atoms with Crippen molar-refractivity contribution in [1.29, 1.82) is 0 Å². The van der Waals surface area contributed by atoms with Gasteiger partial charge in [0.2, 0.25) is 0 Å². The van der Waals surface area contributed by atoms with E-state index in [2.05, 4.69) is 17.6 Å². The maximum Gasteiger partial charge on any atom is 0.279 e. The van der Waals surface area contributed by atoms with Crippen LogP contribution in [0.1, 0.15) is 12.5 Å². The van der Waals surface area contributed by atoms with E-state index >= 15 is 0 Å². The summed E-state index contributed by atoms with van der Waals surface area (Å²) in [4.78, 5) is 27.2. The zero-order valence-electron chi connectivity index (χ0n) is 16.8. The van der Waals surface area contributed by atoms with Gasteiger partial charge in [-0.1, -0.05) is 36.7 Å². The zero-order chi connectivity index (χ0) is 20.6. The van der Waals surface area contributed by atoms with Gasteiger partial charge < -0.3 is 20.4 Å². The van der Waals surface area contributed by atoms with Crippen LogP contribution in [0.25, 0.3) is 0 Å². The number of amides is 2. The molecular formula is C22H29ClN4O2+2. The van der Waals surface area contributed by atoms with Crippen LogP contribution in [0, 0.1) is 0 Å². The maximum absolute atomic E-state index is 12.4. The number of carbonyl (C=O) groups excluding carboxylic acids is 2. The quantitative estimate of drug-likeness (QED) is 0.523. The Morgan fingerprint density at radius 2 is 1.41 bits per heavy atom. The molecule has 0 bridgehead atoms. The Kier molecular flexibility index (Phi) is 7.63. The normalized spacial score (nSPS) is 18.8. The molecule has 0 unspecified atom stereocenters. The lowest BCUT2D eigenvalue weighted by atomic mass is 10.1. The van der Waals surface area contributed by atoms with Crippen molar-refractivity contribution in [2.75, 3.05) is 49.9 Å². The van der Waals surface area contributed by atoms with E-state index in [0.717, 1.165) is 49.5 Å². The second kappa shape index (κ2) is 10.4. The molecule has 29 heavy (non-hydrogen) atoms. The van der Waals surface area contributed by atoms with Crippen molar-refractivity contribution in [2.45, 2.75) is 13.3 Å². The number of para-hydroxylation sites is 1. The lowest BCUT2D eigenvalue weighted by Gasteiger charge is -2.29. The summed E-state index contributed by atoms with van der Waals surface area (Å²) >= 11 is 5.87. The number of nitrogens with one attached hydrogen (secondary N) is 4. The topological polar surface area (TPSA) is 67.1 Å². The van der Waals surface area contributed by atoms with Crippen molar-refractivity contribution >= 4 is 34.8 Å². The monoisotopic (exact) mass is 416 g/mol. The number of rotatable bonds is 7. The average Bonchev–Trinajstić information content (AvgIpc) is 2.71. The van der Waals surface area contributed by atoms with Crippen molar-refractivity contribution in [2.24, 2.45) is 0 Å². The lowest BCUT2D eigenvalue weighted by Crippen LogP contribution is -3.28. The number of quaternary nitrogens is 2. The Morgan fingerprint density at radius 1 is 0.862 bits per heavy atom. The van der Waals surface area contributed by atoms with Gasteiger partial charge in [0.1, 0.15) is 26.2 Å². The minimum absolute atomic E-state index is 0.000289. The van der Waals surface area contributed by atoms with Crippen LogP contribution in [0.3, 0.4) is 0 Å². The van der Waals surface area contributed by atoms with E-state index in [1.165, 1.54) is 9.80 Å². The predicted molar refractivity (Wildman–Crippen MR) is 116 cm³/mol. The van der Waals surface area contributed by atoms with Crippen LogP contribution in [0.2, 0.25) is 5.02 Å². The standard InChI is InChI=1S/C22H27ClN4O2/c1-2-17-5-3-4-6-20(17)25-22(29)16-27-13-11-26(12-14-27)15-21(28)24-19-9-7-18(23)8-10-19/h3-10H,2,11-16H2,1H3,(H,24,28)(H,25,29)/p+2. The van der Waals surface area contributed by atoms with Gasteiger partial charge in [0.25, 0.3) is 11.8 Å². The van der Waals surface area contributed by atoms with Crippen molar-refractivity contribution in [1.82, 2.24) is 0 Å². The highest BCUT2D eigenvalue weighted by Gasteiger charge is 2.26. The number of aryl methyl sites for hydroxylation is 1. The molecule has 0 spiro atoms. The number of carbonyl (C=O) groups is 2.